The number of nitrogens with zero attached hydrogens (tertiary/aromatic N) is 2. The smallest absolute Gasteiger partial charge is 0.405 e. The maximum atomic E-state index is 12.0. The second-order valence-electron chi connectivity index (χ2n) is 5.93. The predicted molar refractivity (Wildman–Crippen MR) is 79.5 cm³/mol. The highest BCUT2D eigenvalue weighted by atomic mass is 16.4. The van der Waals surface area contributed by atoms with Crippen LogP contribution < -0.4 is 16.7 Å². The van der Waals surface area contributed by atoms with E-state index in [0.29, 0.717) is 16.5 Å². The van der Waals surface area contributed by atoms with Crippen LogP contribution >= 0.6 is 0 Å². The van der Waals surface area contributed by atoms with Crippen molar-refractivity contribution in [2.75, 3.05) is 5.84 Å². The fraction of sp³-hybridized carbons (Fsp3) is 0.357. The maximum Gasteiger partial charge on any atom is 0.405 e. The Balaban J connectivity index is 2.77. The predicted octanol–water partition coefficient (Wildman–Crippen LogP) is 1.47. The van der Waals surface area contributed by atoms with Crippen molar-refractivity contribution in [3.05, 3.63) is 40.3 Å². The number of rotatable bonds is 2. The van der Waals surface area contributed by atoms with Crippen molar-refractivity contribution in [1.82, 2.24) is 15.2 Å². The van der Waals surface area contributed by atoms with E-state index < -0.39 is 23.1 Å². The summed E-state index contributed by atoms with van der Waals surface area (Å²) in [6.45, 7) is 5.65. The molecular weight excluding hydrogens is 272 g/mol. The lowest BCUT2D eigenvalue weighted by Crippen LogP contribution is -2.39. The summed E-state index contributed by atoms with van der Waals surface area (Å²) >= 11 is 0. The first-order chi connectivity index (χ1) is 9.71. The molecule has 1 atom stereocenters. The van der Waals surface area contributed by atoms with Crippen molar-refractivity contribution in [1.29, 1.82) is 0 Å². The fourth-order valence-electron chi connectivity index (χ4n) is 2.26. The van der Waals surface area contributed by atoms with Gasteiger partial charge in [-0.15, -0.1) is 4.79 Å². The quantitative estimate of drug-likeness (QED) is 0.725. The third-order valence-electron chi connectivity index (χ3n) is 3.26. The largest absolute Gasteiger partial charge is 0.465 e. The van der Waals surface area contributed by atoms with Crippen LogP contribution in [-0.4, -0.2) is 21.1 Å². The van der Waals surface area contributed by atoms with Crippen molar-refractivity contribution in [3.8, 4) is 0 Å². The van der Waals surface area contributed by atoms with Gasteiger partial charge in [-0.1, -0.05) is 39.0 Å². The Hall–Kier alpha value is -2.57. The van der Waals surface area contributed by atoms with E-state index >= 15 is 0 Å². The molecule has 1 amide bonds. The van der Waals surface area contributed by atoms with Crippen molar-refractivity contribution in [2.45, 2.75) is 26.8 Å². The second-order valence-corrected chi connectivity index (χ2v) is 5.93. The monoisotopic (exact) mass is 290 g/mol. The Kier molecular flexibility index (Phi) is 3.59. The number of hydrogen-bond donors (Lipinski definition) is 3. The molecule has 4 N–H and O–H groups in total. The highest BCUT2D eigenvalue weighted by Gasteiger charge is 2.31. The molecule has 0 bridgehead atoms. The van der Waals surface area contributed by atoms with Gasteiger partial charge < -0.3 is 16.3 Å². The molecule has 0 aliphatic heterocycles. The van der Waals surface area contributed by atoms with Crippen LogP contribution in [0.1, 0.15) is 32.5 Å². The van der Waals surface area contributed by atoms with Crippen LogP contribution in [0.4, 0.5) is 4.79 Å². The van der Waals surface area contributed by atoms with Crippen LogP contribution in [0.5, 0.6) is 0 Å². The van der Waals surface area contributed by atoms with E-state index in [9.17, 15) is 9.59 Å². The van der Waals surface area contributed by atoms with Gasteiger partial charge in [-0.2, -0.15) is 5.10 Å². The first kappa shape index (κ1) is 14.8. The summed E-state index contributed by atoms with van der Waals surface area (Å²) in [6.07, 6.45) is -1.16. The summed E-state index contributed by atoms with van der Waals surface area (Å²) in [4.78, 5) is 23.8. The Morgan fingerprint density at radius 3 is 2.43 bits per heavy atom. The van der Waals surface area contributed by atoms with Crippen molar-refractivity contribution in [2.24, 2.45) is 5.41 Å². The second kappa shape index (κ2) is 5.08. The number of hydrogen-bond acceptors (Lipinski definition) is 4. The van der Waals surface area contributed by atoms with Crippen LogP contribution in [0, 0.1) is 5.41 Å². The zero-order chi connectivity index (χ0) is 15.8. The molecule has 7 nitrogen and oxygen atoms in total. The van der Waals surface area contributed by atoms with Gasteiger partial charge in [0, 0.05) is 5.39 Å². The molecule has 21 heavy (non-hydrogen) atoms. The minimum atomic E-state index is -1.16. The molecule has 7 heteroatoms. The van der Waals surface area contributed by atoms with Gasteiger partial charge in [-0.05, 0) is 11.5 Å². The molecule has 0 saturated carbocycles. The molecule has 2 aromatic rings. The molecular formula is C14H18N4O3. The van der Waals surface area contributed by atoms with Crippen molar-refractivity contribution < 1.29 is 9.90 Å². The highest BCUT2D eigenvalue weighted by Crippen LogP contribution is 2.34. The molecule has 112 valence electrons. The zero-order valence-electron chi connectivity index (χ0n) is 12.1. The molecule has 1 aromatic carbocycles. The van der Waals surface area contributed by atoms with Gasteiger partial charge >= 0.3 is 6.09 Å². The van der Waals surface area contributed by atoms with Gasteiger partial charge in [0.25, 0.3) is 5.56 Å². The van der Waals surface area contributed by atoms with E-state index in [2.05, 4.69) is 10.4 Å². The number of amides is 1. The number of nitrogens with two attached hydrogens (primary N) is 1. The van der Waals surface area contributed by atoms with Crippen molar-refractivity contribution in [3.63, 3.8) is 0 Å². The number of benzene rings is 1. The summed E-state index contributed by atoms with van der Waals surface area (Å²) < 4.78 is 0. The number of nitrogen functional groups attached to an aromatic ring is 1. The molecule has 1 unspecified atom stereocenters. The molecule has 1 heterocycles. The lowest BCUT2D eigenvalue weighted by Gasteiger charge is -2.30. The normalized spacial score (nSPS) is 13.1. The Labute approximate surface area is 121 Å². The highest BCUT2D eigenvalue weighted by molar-refractivity contribution is 5.84. The average Bonchev–Trinajstić information content (AvgIpc) is 2.39. The lowest BCUT2D eigenvalue weighted by atomic mass is 9.83. The van der Waals surface area contributed by atoms with E-state index in [-0.39, 0.29) is 0 Å². The molecule has 2 rings (SSSR count). The Morgan fingerprint density at radius 1 is 1.33 bits per heavy atom. The van der Waals surface area contributed by atoms with E-state index in [1.807, 2.05) is 20.8 Å². The molecule has 0 spiro atoms. The topological polar surface area (TPSA) is 110 Å². The van der Waals surface area contributed by atoms with Crippen LogP contribution in [0.3, 0.4) is 0 Å². The maximum absolute atomic E-state index is 12.0. The summed E-state index contributed by atoms with van der Waals surface area (Å²) in [5.74, 6) is 5.62. The first-order valence-corrected chi connectivity index (χ1v) is 6.48. The number of fused-ring (bicyclic) bond motifs is 1. The summed E-state index contributed by atoms with van der Waals surface area (Å²) in [7, 11) is 0. The van der Waals surface area contributed by atoms with Crippen molar-refractivity contribution >= 4 is 16.9 Å². The van der Waals surface area contributed by atoms with Crippen LogP contribution in [0.25, 0.3) is 10.8 Å². The molecule has 0 saturated heterocycles. The van der Waals surface area contributed by atoms with Gasteiger partial charge in [0.15, 0.2) is 0 Å². The zero-order valence-corrected chi connectivity index (χ0v) is 12.1. The minimum Gasteiger partial charge on any atom is -0.465 e. The number of carboxylic acid groups (broad SMARTS) is 1. The lowest BCUT2D eigenvalue weighted by molar-refractivity contribution is 0.174. The van der Waals surface area contributed by atoms with E-state index in [1.165, 1.54) is 0 Å². The minimum absolute atomic E-state index is 0.409. The third-order valence-corrected chi connectivity index (χ3v) is 3.26. The molecule has 1 aromatic heterocycles. The van der Waals surface area contributed by atoms with Crippen LogP contribution in [-0.2, 0) is 0 Å². The molecule has 0 radical (unpaired) electrons. The first-order valence-electron chi connectivity index (χ1n) is 6.48. The Bertz CT molecular complexity index is 746. The van der Waals surface area contributed by atoms with E-state index in [0.717, 1.165) is 4.79 Å². The summed E-state index contributed by atoms with van der Waals surface area (Å²) in [5, 5.41) is 16.6. The van der Waals surface area contributed by atoms with Gasteiger partial charge in [-0.25, -0.2) is 4.79 Å². The van der Waals surface area contributed by atoms with Gasteiger partial charge in [0.05, 0.1) is 17.1 Å². The molecule has 0 aliphatic carbocycles. The third kappa shape index (κ3) is 2.81. The van der Waals surface area contributed by atoms with E-state index in [4.69, 9.17) is 10.9 Å². The van der Waals surface area contributed by atoms with Crippen LogP contribution in [0.15, 0.2) is 29.1 Å². The SMILES string of the molecule is CC(C)(C)C(NC(=O)O)c1nn(N)c(=O)c2ccccc12. The molecule has 0 aliphatic rings. The average molecular weight is 290 g/mol. The molecule has 0 fully saturated rings. The number of carbonyl (C=O) groups is 1. The van der Waals surface area contributed by atoms with Gasteiger partial charge in [0.1, 0.15) is 0 Å². The fourth-order valence-corrected chi connectivity index (χ4v) is 2.26. The number of nitrogens with one attached hydrogen (secondary N) is 1. The summed E-state index contributed by atoms with van der Waals surface area (Å²) in [5.41, 5.74) is -0.425. The van der Waals surface area contributed by atoms with Crippen LogP contribution in [0.2, 0.25) is 0 Å². The van der Waals surface area contributed by atoms with Gasteiger partial charge in [0.2, 0.25) is 0 Å². The standard InChI is InChI=1S/C14H18N4O3/c1-14(2,3)11(16-13(20)21)10-8-6-4-5-7-9(8)12(19)18(15)17-10/h4-7,11,16H,15H2,1-3H3,(H,20,21). The Morgan fingerprint density at radius 2 is 1.90 bits per heavy atom. The van der Waals surface area contributed by atoms with Gasteiger partial charge in [-0.3, -0.25) is 4.79 Å². The number of aromatic nitrogens is 2. The van der Waals surface area contributed by atoms with E-state index in [1.54, 1.807) is 24.3 Å². The summed E-state index contributed by atoms with van der Waals surface area (Å²) in [6, 6.07) is 6.28.